The first-order valence-electron chi connectivity index (χ1n) is 8.28. The van der Waals surface area contributed by atoms with Crippen LogP contribution >= 0.6 is 11.6 Å². The highest BCUT2D eigenvalue weighted by molar-refractivity contribution is 6.30. The van der Waals surface area contributed by atoms with E-state index in [0.29, 0.717) is 28.7 Å². The van der Waals surface area contributed by atoms with Crippen LogP contribution in [0, 0.1) is 17.5 Å². The van der Waals surface area contributed by atoms with E-state index in [1.54, 1.807) is 30.0 Å². The Morgan fingerprint density at radius 1 is 1.11 bits per heavy atom. The largest absolute Gasteiger partial charge is 0.487 e. The van der Waals surface area contributed by atoms with Crippen molar-refractivity contribution in [2.24, 2.45) is 5.73 Å². The van der Waals surface area contributed by atoms with Gasteiger partial charge in [0.2, 0.25) is 0 Å². The van der Waals surface area contributed by atoms with Gasteiger partial charge in [0.1, 0.15) is 29.8 Å². The number of nitrogens with two attached hydrogens (primary N) is 1. The van der Waals surface area contributed by atoms with Crippen molar-refractivity contribution in [2.75, 3.05) is 11.4 Å². The normalized spacial score (nSPS) is 14.4. The number of rotatable bonds is 5. The number of hydrogen-bond donors (Lipinski definition) is 1. The van der Waals surface area contributed by atoms with Crippen LogP contribution in [0.25, 0.3) is 0 Å². The molecule has 0 aliphatic carbocycles. The second kappa shape index (κ2) is 8.06. The first-order valence-corrected chi connectivity index (χ1v) is 8.66. The van der Waals surface area contributed by atoms with Crippen molar-refractivity contribution < 1.29 is 17.9 Å². The van der Waals surface area contributed by atoms with Gasteiger partial charge >= 0.3 is 0 Å². The van der Waals surface area contributed by atoms with Gasteiger partial charge in [-0.05, 0) is 36.8 Å². The lowest BCUT2D eigenvalue weighted by Crippen LogP contribution is -2.27. The van der Waals surface area contributed by atoms with Gasteiger partial charge in [0, 0.05) is 29.9 Å². The minimum Gasteiger partial charge on any atom is -0.487 e. The van der Waals surface area contributed by atoms with Crippen molar-refractivity contribution in [1.82, 2.24) is 0 Å². The highest BCUT2D eigenvalue weighted by Gasteiger charge is 2.22. The molecule has 0 radical (unpaired) electrons. The van der Waals surface area contributed by atoms with Crippen LogP contribution in [0.2, 0.25) is 0 Å². The van der Waals surface area contributed by atoms with Crippen molar-refractivity contribution in [1.29, 1.82) is 0 Å². The molecule has 0 spiro atoms. The maximum Gasteiger partial charge on any atom is 0.146 e. The van der Waals surface area contributed by atoms with Crippen LogP contribution in [0.4, 0.5) is 18.9 Å². The van der Waals surface area contributed by atoms with Crippen molar-refractivity contribution in [3.63, 3.8) is 0 Å². The molecule has 0 unspecified atom stereocenters. The molecule has 3 nitrogen and oxygen atoms in total. The molecule has 0 amide bonds. The van der Waals surface area contributed by atoms with Gasteiger partial charge in [0.25, 0.3) is 0 Å². The number of nitrogens with zero attached hydrogens (tertiary/aromatic N) is 1. The highest BCUT2D eigenvalue weighted by atomic mass is 35.5. The molecule has 0 atom stereocenters. The molecule has 27 heavy (non-hydrogen) atoms. The van der Waals surface area contributed by atoms with Gasteiger partial charge in [-0.15, -0.1) is 0 Å². The fraction of sp³-hybridized carbons (Fsp3) is 0.200. The fourth-order valence-electron chi connectivity index (χ4n) is 2.77. The number of halogens is 4. The average Bonchev–Trinajstić information content (AvgIpc) is 2.64. The number of ether oxygens (including phenoxy) is 1. The van der Waals surface area contributed by atoms with Gasteiger partial charge in [-0.2, -0.15) is 0 Å². The minimum absolute atomic E-state index is 0.0987. The molecule has 0 saturated heterocycles. The SMILES string of the molecule is CC1=CC(OCc2ccc(F)cc2F)=C(Cl)CN1c1cc(CN)ccc1F. The Bertz CT molecular complexity index is 927. The second-order valence-corrected chi connectivity index (χ2v) is 6.61. The summed E-state index contributed by atoms with van der Waals surface area (Å²) in [5.41, 5.74) is 7.72. The Morgan fingerprint density at radius 2 is 1.89 bits per heavy atom. The van der Waals surface area contributed by atoms with Crippen LogP contribution < -0.4 is 10.6 Å². The fourth-order valence-corrected chi connectivity index (χ4v) is 3.00. The summed E-state index contributed by atoms with van der Waals surface area (Å²) >= 11 is 6.32. The molecule has 2 N–H and O–H groups in total. The molecule has 0 fully saturated rings. The molecule has 1 heterocycles. The third-order valence-corrected chi connectivity index (χ3v) is 4.57. The summed E-state index contributed by atoms with van der Waals surface area (Å²) in [7, 11) is 0. The van der Waals surface area contributed by atoms with Crippen molar-refractivity contribution >= 4 is 17.3 Å². The van der Waals surface area contributed by atoms with E-state index in [2.05, 4.69) is 0 Å². The Hall–Kier alpha value is -2.44. The highest BCUT2D eigenvalue weighted by Crippen LogP contribution is 2.31. The van der Waals surface area contributed by atoms with Crippen LogP contribution in [-0.2, 0) is 17.9 Å². The summed E-state index contributed by atoms with van der Waals surface area (Å²) in [5, 5.41) is 0.348. The smallest absolute Gasteiger partial charge is 0.146 e. The summed E-state index contributed by atoms with van der Waals surface area (Å²) in [6.07, 6.45) is 1.65. The monoisotopic (exact) mass is 394 g/mol. The Balaban J connectivity index is 1.78. The molecule has 0 saturated carbocycles. The molecular weight excluding hydrogens is 377 g/mol. The molecular formula is C20H18ClF3N2O. The number of anilines is 1. The Morgan fingerprint density at radius 3 is 2.59 bits per heavy atom. The zero-order valence-electron chi connectivity index (χ0n) is 14.6. The van der Waals surface area contributed by atoms with E-state index in [0.717, 1.165) is 17.7 Å². The molecule has 3 rings (SSSR count). The average molecular weight is 395 g/mol. The molecule has 7 heteroatoms. The Kier molecular flexibility index (Phi) is 5.77. The summed E-state index contributed by atoms with van der Waals surface area (Å²) in [6, 6.07) is 7.95. The quantitative estimate of drug-likeness (QED) is 0.779. The van der Waals surface area contributed by atoms with Gasteiger partial charge in [0.05, 0.1) is 17.3 Å². The van der Waals surface area contributed by atoms with Gasteiger partial charge in [0.15, 0.2) is 0 Å². The third kappa shape index (κ3) is 4.28. The first-order chi connectivity index (χ1) is 12.9. The zero-order valence-corrected chi connectivity index (χ0v) is 15.4. The predicted molar refractivity (Wildman–Crippen MR) is 99.4 cm³/mol. The van der Waals surface area contributed by atoms with E-state index in [1.807, 2.05) is 0 Å². The molecule has 2 aromatic rings. The molecule has 1 aliphatic heterocycles. The van der Waals surface area contributed by atoms with E-state index in [4.69, 9.17) is 22.1 Å². The van der Waals surface area contributed by atoms with Gasteiger partial charge in [-0.3, -0.25) is 0 Å². The summed E-state index contributed by atoms with van der Waals surface area (Å²) in [4.78, 5) is 1.71. The van der Waals surface area contributed by atoms with Crippen LogP contribution in [0.5, 0.6) is 0 Å². The first kappa shape index (κ1) is 19.3. The van der Waals surface area contributed by atoms with Crippen LogP contribution in [-0.4, -0.2) is 6.54 Å². The van der Waals surface area contributed by atoms with Crippen molar-refractivity contribution in [3.8, 4) is 0 Å². The van der Waals surface area contributed by atoms with Crippen molar-refractivity contribution in [3.05, 3.63) is 87.5 Å². The maximum absolute atomic E-state index is 14.3. The zero-order chi connectivity index (χ0) is 19.6. The molecule has 0 bridgehead atoms. The van der Waals surface area contributed by atoms with Crippen LogP contribution in [0.15, 0.2) is 59.0 Å². The lowest BCUT2D eigenvalue weighted by Gasteiger charge is -2.30. The van der Waals surface area contributed by atoms with E-state index < -0.39 is 11.6 Å². The molecule has 142 valence electrons. The van der Waals surface area contributed by atoms with E-state index >= 15 is 0 Å². The molecule has 2 aromatic carbocycles. The summed E-state index contributed by atoms with van der Waals surface area (Å²) in [6.45, 7) is 2.19. The number of hydrogen-bond acceptors (Lipinski definition) is 3. The van der Waals surface area contributed by atoms with Gasteiger partial charge < -0.3 is 15.4 Å². The Labute approximate surface area is 160 Å². The van der Waals surface area contributed by atoms with Crippen LogP contribution in [0.1, 0.15) is 18.1 Å². The maximum atomic E-state index is 14.3. The summed E-state index contributed by atoms with van der Waals surface area (Å²) in [5.74, 6) is -1.36. The summed E-state index contributed by atoms with van der Waals surface area (Å²) < 4.78 is 46.6. The van der Waals surface area contributed by atoms with Gasteiger partial charge in [-0.1, -0.05) is 17.7 Å². The van der Waals surface area contributed by atoms with Crippen LogP contribution in [0.3, 0.4) is 0 Å². The van der Waals surface area contributed by atoms with Crippen molar-refractivity contribution in [2.45, 2.75) is 20.1 Å². The van der Waals surface area contributed by atoms with E-state index in [9.17, 15) is 13.2 Å². The topological polar surface area (TPSA) is 38.5 Å². The third-order valence-electron chi connectivity index (χ3n) is 4.27. The van der Waals surface area contributed by atoms with E-state index in [1.165, 1.54) is 12.1 Å². The molecule has 1 aliphatic rings. The predicted octanol–water partition coefficient (Wildman–Crippen LogP) is 4.95. The second-order valence-electron chi connectivity index (χ2n) is 6.16. The number of benzene rings is 2. The van der Waals surface area contributed by atoms with E-state index in [-0.39, 0.29) is 24.5 Å². The lowest BCUT2D eigenvalue weighted by atomic mass is 10.1. The molecule has 0 aromatic heterocycles. The minimum atomic E-state index is -0.689. The number of allylic oxidation sites excluding steroid dienone is 2. The lowest BCUT2D eigenvalue weighted by molar-refractivity contribution is 0.204. The standard InChI is InChI=1S/C20H18ClF3N2O/c1-12-6-20(27-11-14-3-4-15(22)8-18(14)24)16(21)10-26(12)19-7-13(9-25)2-5-17(19)23/h2-8H,9-11,25H2,1H3. The van der Waals surface area contributed by atoms with Gasteiger partial charge in [-0.25, -0.2) is 13.2 Å².